The number of hydrogen-bond acceptors (Lipinski definition) is 3. The molecule has 0 aromatic rings. The molecule has 5 nitrogen and oxygen atoms in total. The Balaban J connectivity index is 2.27. The highest BCUT2D eigenvalue weighted by Crippen LogP contribution is 2.26. The molecule has 1 saturated heterocycles. The van der Waals surface area contributed by atoms with Crippen LogP contribution in [0.1, 0.15) is 48.0 Å². The second-order valence-electron chi connectivity index (χ2n) is 9.17. The number of amides is 2. The Kier molecular flexibility index (Phi) is 7.33. The lowest BCUT2D eigenvalue weighted by atomic mass is 9.82. The summed E-state index contributed by atoms with van der Waals surface area (Å²) in [5.41, 5.74) is 0.00845. The van der Waals surface area contributed by atoms with Gasteiger partial charge in [-0.2, -0.15) is 0 Å². The largest absolute Gasteiger partial charge is 0.338 e. The van der Waals surface area contributed by atoms with Crippen LogP contribution in [0.25, 0.3) is 0 Å². The maximum Gasteiger partial charge on any atom is 0.315 e. The second kappa shape index (κ2) is 8.34. The van der Waals surface area contributed by atoms with Gasteiger partial charge in [-0.25, -0.2) is 4.79 Å². The van der Waals surface area contributed by atoms with Gasteiger partial charge in [0, 0.05) is 44.8 Å². The minimum absolute atomic E-state index is 0.0514. The van der Waals surface area contributed by atoms with Gasteiger partial charge in [-0.15, -0.1) is 0 Å². The molecule has 2 amide bonds. The van der Waals surface area contributed by atoms with Gasteiger partial charge in [-0.3, -0.25) is 0 Å². The fourth-order valence-corrected chi connectivity index (χ4v) is 3.52. The van der Waals surface area contributed by atoms with Crippen LogP contribution in [0, 0.1) is 11.3 Å². The van der Waals surface area contributed by atoms with Gasteiger partial charge in [-0.1, -0.05) is 27.7 Å². The molecule has 1 rings (SSSR count). The van der Waals surface area contributed by atoms with E-state index < -0.39 is 0 Å². The Labute approximate surface area is 143 Å². The van der Waals surface area contributed by atoms with Crippen molar-refractivity contribution in [2.45, 2.75) is 53.5 Å². The van der Waals surface area contributed by atoms with Crippen LogP contribution in [0.5, 0.6) is 0 Å². The molecule has 0 spiro atoms. The van der Waals surface area contributed by atoms with Crippen molar-refractivity contribution in [3.8, 4) is 0 Å². The predicted octanol–water partition coefficient (Wildman–Crippen LogP) is 2.38. The Bertz CT molecular complexity index is 368. The van der Waals surface area contributed by atoms with Crippen molar-refractivity contribution in [1.82, 2.24) is 20.4 Å². The topological polar surface area (TPSA) is 47.6 Å². The molecule has 1 heterocycles. The van der Waals surface area contributed by atoms with Crippen LogP contribution in [0.2, 0.25) is 0 Å². The van der Waals surface area contributed by atoms with Gasteiger partial charge in [-0.05, 0) is 38.6 Å². The molecule has 1 unspecified atom stereocenters. The number of piperazine rings is 1. The third-order valence-electron chi connectivity index (χ3n) is 4.20. The summed E-state index contributed by atoms with van der Waals surface area (Å²) in [6, 6.07) is -0.0514. The summed E-state index contributed by atoms with van der Waals surface area (Å²) in [5, 5.41) is 6.14. The third-order valence-corrected chi connectivity index (χ3v) is 4.20. The van der Waals surface area contributed by atoms with E-state index in [1.54, 1.807) is 0 Å². The van der Waals surface area contributed by atoms with Gasteiger partial charge in [0.05, 0.1) is 0 Å². The quantitative estimate of drug-likeness (QED) is 0.788. The van der Waals surface area contributed by atoms with Crippen LogP contribution in [0.15, 0.2) is 0 Å². The van der Waals surface area contributed by atoms with E-state index in [-0.39, 0.29) is 17.0 Å². The smallest absolute Gasteiger partial charge is 0.315 e. The lowest BCUT2D eigenvalue weighted by Crippen LogP contribution is -2.51. The summed E-state index contributed by atoms with van der Waals surface area (Å²) < 4.78 is 0. The molecule has 1 fully saturated rings. The summed E-state index contributed by atoms with van der Waals surface area (Å²) in [6.07, 6.45) is 0.949. The van der Waals surface area contributed by atoms with Crippen molar-refractivity contribution in [1.29, 1.82) is 0 Å². The van der Waals surface area contributed by atoms with Crippen molar-refractivity contribution < 1.29 is 4.79 Å². The average molecular weight is 327 g/mol. The van der Waals surface area contributed by atoms with Gasteiger partial charge in [0.2, 0.25) is 0 Å². The Morgan fingerprint density at radius 3 is 2.17 bits per heavy atom. The van der Waals surface area contributed by atoms with Crippen LogP contribution < -0.4 is 10.6 Å². The SMILES string of the molecule is CC(CNC(=O)NC(C)(C)CC(C)(C)C)CN1CCN(C)CC1. The molecule has 0 saturated carbocycles. The third kappa shape index (κ3) is 9.16. The number of nitrogens with zero attached hydrogens (tertiary/aromatic N) is 2. The summed E-state index contributed by atoms with van der Waals surface area (Å²) in [7, 11) is 2.17. The molecular formula is C18H38N4O. The van der Waals surface area contributed by atoms with E-state index in [2.05, 4.69) is 69.0 Å². The first-order valence-electron chi connectivity index (χ1n) is 8.94. The number of nitrogens with one attached hydrogen (secondary N) is 2. The fraction of sp³-hybridized carbons (Fsp3) is 0.944. The van der Waals surface area contributed by atoms with Gasteiger partial charge >= 0.3 is 6.03 Å². The van der Waals surface area contributed by atoms with E-state index >= 15 is 0 Å². The molecule has 2 N–H and O–H groups in total. The van der Waals surface area contributed by atoms with E-state index in [9.17, 15) is 4.79 Å². The highest BCUT2D eigenvalue weighted by atomic mass is 16.2. The van der Waals surface area contributed by atoms with Crippen LogP contribution in [-0.2, 0) is 0 Å². The molecule has 1 aliphatic heterocycles. The van der Waals surface area contributed by atoms with Gasteiger partial charge < -0.3 is 20.4 Å². The molecule has 0 aromatic carbocycles. The Hall–Kier alpha value is -0.810. The Morgan fingerprint density at radius 1 is 1.09 bits per heavy atom. The van der Waals surface area contributed by atoms with Crippen molar-refractivity contribution in [2.24, 2.45) is 11.3 Å². The molecule has 1 aliphatic rings. The van der Waals surface area contributed by atoms with E-state index in [0.717, 1.165) is 45.7 Å². The molecule has 0 bridgehead atoms. The standard InChI is InChI=1S/C18H38N4O/c1-15(13-22-10-8-21(7)9-11-22)12-19-16(23)20-18(5,6)14-17(2,3)4/h15H,8-14H2,1-7H3,(H2,19,20,23). The first-order valence-corrected chi connectivity index (χ1v) is 8.94. The number of carbonyl (C=O) groups excluding carboxylic acids is 1. The first-order chi connectivity index (χ1) is 10.5. The number of rotatable bonds is 6. The first kappa shape index (κ1) is 20.2. The van der Waals surface area contributed by atoms with Crippen molar-refractivity contribution >= 4 is 6.03 Å². The monoisotopic (exact) mass is 326 g/mol. The minimum atomic E-state index is -0.191. The normalized spacial score (nSPS) is 19.4. The van der Waals surface area contributed by atoms with Crippen LogP contribution in [-0.4, -0.2) is 67.7 Å². The molecule has 0 aromatic heterocycles. The summed E-state index contributed by atoms with van der Waals surface area (Å²) in [6.45, 7) is 19.3. The maximum absolute atomic E-state index is 12.1. The fourth-order valence-electron chi connectivity index (χ4n) is 3.52. The van der Waals surface area contributed by atoms with Gasteiger partial charge in [0.25, 0.3) is 0 Å². The van der Waals surface area contributed by atoms with Gasteiger partial charge in [0.1, 0.15) is 0 Å². The molecule has 0 radical (unpaired) electrons. The van der Waals surface area contributed by atoms with E-state index in [4.69, 9.17) is 0 Å². The van der Waals surface area contributed by atoms with E-state index in [1.807, 2.05) is 0 Å². The van der Waals surface area contributed by atoms with Crippen LogP contribution in [0.3, 0.4) is 0 Å². The molecular weight excluding hydrogens is 288 g/mol. The lowest BCUT2D eigenvalue weighted by molar-refractivity contribution is 0.138. The molecule has 136 valence electrons. The van der Waals surface area contributed by atoms with E-state index in [1.165, 1.54) is 0 Å². The van der Waals surface area contributed by atoms with Crippen molar-refractivity contribution in [2.75, 3.05) is 46.3 Å². The van der Waals surface area contributed by atoms with Crippen molar-refractivity contribution in [3.63, 3.8) is 0 Å². The van der Waals surface area contributed by atoms with Crippen molar-refractivity contribution in [3.05, 3.63) is 0 Å². The predicted molar refractivity (Wildman–Crippen MR) is 97.8 cm³/mol. The lowest BCUT2D eigenvalue weighted by Gasteiger charge is -2.34. The minimum Gasteiger partial charge on any atom is -0.338 e. The zero-order chi connectivity index (χ0) is 17.7. The maximum atomic E-state index is 12.1. The van der Waals surface area contributed by atoms with Crippen LogP contribution >= 0.6 is 0 Å². The van der Waals surface area contributed by atoms with Crippen LogP contribution in [0.4, 0.5) is 4.79 Å². The van der Waals surface area contributed by atoms with E-state index in [0.29, 0.717) is 5.92 Å². The zero-order valence-corrected chi connectivity index (χ0v) is 16.3. The Morgan fingerprint density at radius 2 is 1.65 bits per heavy atom. The zero-order valence-electron chi connectivity index (χ0n) is 16.3. The number of hydrogen-bond donors (Lipinski definition) is 2. The molecule has 0 aliphatic carbocycles. The number of likely N-dealkylation sites (N-methyl/N-ethyl adjacent to an activating group) is 1. The molecule has 23 heavy (non-hydrogen) atoms. The summed E-state index contributed by atoms with van der Waals surface area (Å²) in [4.78, 5) is 17.0. The summed E-state index contributed by atoms with van der Waals surface area (Å²) in [5.74, 6) is 0.467. The van der Waals surface area contributed by atoms with Gasteiger partial charge in [0.15, 0.2) is 0 Å². The highest BCUT2D eigenvalue weighted by molar-refractivity contribution is 5.74. The second-order valence-corrected chi connectivity index (χ2v) is 9.17. The number of carbonyl (C=O) groups is 1. The molecule has 5 heteroatoms. The highest BCUT2D eigenvalue weighted by Gasteiger charge is 2.27. The summed E-state index contributed by atoms with van der Waals surface area (Å²) >= 11 is 0. The molecule has 1 atom stereocenters. The average Bonchev–Trinajstić information content (AvgIpc) is 2.35. The number of urea groups is 1.